The van der Waals surface area contributed by atoms with Crippen molar-refractivity contribution in [3.63, 3.8) is 0 Å². The highest BCUT2D eigenvalue weighted by molar-refractivity contribution is 6.42. The topological polar surface area (TPSA) is 95.6 Å². The fraction of sp³-hybridized carbons (Fsp3) is 0.273. The molecule has 2 aliphatic heterocycles. The standard InChI is InChI=1S/C22H19Cl2N3O4/c1-22(7-6-18(28)25-21(22)31)27-10-14-3-2-12(8-15(14)11-27)19(29)26-20(30)13-4-5-16(23)17(24)9-13/h2-5,8-9H,6-7,10-11H2,1H3,(H,25,28,31)(H,26,29,30). The van der Waals surface area contributed by atoms with Gasteiger partial charge in [-0.25, -0.2) is 0 Å². The third-order valence-electron chi connectivity index (χ3n) is 5.88. The summed E-state index contributed by atoms with van der Waals surface area (Å²) < 4.78 is 0. The highest BCUT2D eigenvalue weighted by Crippen LogP contribution is 2.34. The molecule has 1 saturated heterocycles. The number of fused-ring (bicyclic) bond motifs is 1. The normalized spacial score (nSPS) is 20.9. The number of carbonyl (C=O) groups is 4. The molecule has 4 rings (SSSR count). The van der Waals surface area contributed by atoms with Gasteiger partial charge in [-0.2, -0.15) is 0 Å². The summed E-state index contributed by atoms with van der Waals surface area (Å²) >= 11 is 11.8. The van der Waals surface area contributed by atoms with Crippen LogP contribution in [0.15, 0.2) is 36.4 Å². The van der Waals surface area contributed by atoms with E-state index in [2.05, 4.69) is 10.6 Å². The summed E-state index contributed by atoms with van der Waals surface area (Å²) in [4.78, 5) is 50.9. The van der Waals surface area contributed by atoms with Crippen LogP contribution in [0.1, 0.15) is 51.6 Å². The number of rotatable bonds is 3. The summed E-state index contributed by atoms with van der Waals surface area (Å²) in [6.07, 6.45) is 0.733. The molecular formula is C22H19Cl2N3O4. The van der Waals surface area contributed by atoms with Gasteiger partial charge in [0.1, 0.15) is 0 Å². The van der Waals surface area contributed by atoms with Gasteiger partial charge < -0.3 is 0 Å². The first kappa shape index (κ1) is 21.5. The highest BCUT2D eigenvalue weighted by Gasteiger charge is 2.45. The minimum absolute atomic E-state index is 0.223. The van der Waals surface area contributed by atoms with E-state index in [1.165, 1.54) is 18.2 Å². The Kier molecular flexibility index (Phi) is 5.60. The monoisotopic (exact) mass is 459 g/mol. The molecule has 0 saturated carbocycles. The fourth-order valence-corrected chi connectivity index (χ4v) is 4.16. The summed E-state index contributed by atoms with van der Waals surface area (Å²) in [6.45, 7) is 2.83. The van der Waals surface area contributed by atoms with Gasteiger partial charge in [0.15, 0.2) is 0 Å². The molecule has 9 heteroatoms. The molecule has 0 spiro atoms. The molecule has 7 nitrogen and oxygen atoms in total. The molecule has 2 N–H and O–H groups in total. The first-order chi connectivity index (χ1) is 14.7. The molecule has 31 heavy (non-hydrogen) atoms. The second-order valence-corrected chi connectivity index (χ2v) is 8.72. The van der Waals surface area contributed by atoms with Crippen molar-refractivity contribution in [3.8, 4) is 0 Å². The Labute approximate surface area is 188 Å². The maximum atomic E-state index is 12.6. The zero-order valence-electron chi connectivity index (χ0n) is 16.6. The van der Waals surface area contributed by atoms with Gasteiger partial charge in [-0.15, -0.1) is 0 Å². The number of carbonyl (C=O) groups excluding carboxylic acids is 4. The number of hydrogen-bond donors (Lipinski definition) is 2. The van der Waals surface area contributed by atoms with E-state index in [-0.39, 0.29) is 22.4 Å². The number of nitrogens with one attached hydrogen (secondary N) is 2. The number of piperidine rings is 1. The Bertz CT molecular complexity index is 1130. The molecule has 2 heterocycles. The molecule has 1 fully saturated rings. The van der Waals surface area contributed by atoms with Gasteiger partial charge in [0.25, 0.3) is 11.8 Å². The van der Waals surface area contributed by atoms with E-state index in [1.54, 1.807) is 12.1 Å². The van der Waals surface area contributed by atoms with Crippen LogP contribution in [0.5, 0.6) is 0 Å². The largest absolute Gasteiger partial charge is 0.295 e. The van der Waals surface area contributed by atoms with Crippen molar-refractivity contribution in [3.05, 3.63) is 68.7 Å². The maximum absolute atomic E-state index is 12.6. The molecule has 1 atom stereocenters. The van der Waals surface area contributed by atoms with E-state index in [1.807, 2.05) is 17.9 Å². The summed E-state index contributed by atoms with van der Waals surface area (Å²) in [5.74, 6) is -1.68. The number of nitrogens with zero attached hydrogens (tertiary/aromatic N) is 1. The average Bonchev–Trinajstić information content (AvgIpc) is 3.17. The van der Waals surface area contributed by atoms with Crippen molar-refractivity contribution >= 4 is 46.8 Å². The molecule has 0 aliphatic carbocycles. The fourth-order valence-electron chi connectivity index (χ4n) is 3.87. The van der Waals surface area contributed by atoms with Crippen LogP contribution >= 0.6 is 23.2 Å². The lowest BCUT2D eigenvalue weighted by Crippen LogP contribution is -2.59. The summed E-state index contributed by atoms with van der Waals surface area (Å²) in [5, 5.41) is 5.30. The lowest BCUT2D eigenvalue weighted by Gasteiger charge is -2.39. The van der Waals surface area contributed by atoms with E-state index >= 15 is 0 Å². The molecular weight excluding hydrogens is 441 g/mol. The Balaban J connectivity index is 1.47. The molecule has 0 bridgehead atoms. The molecule has 160 valence electrons. The van der Waals surface area contributed by atoms with Gasteiger partial charge in [0.05, 0.1) is 15.6 Å². The number of amides is 4. The highest BCUT2D eigenvalue weighted by atomic mass is 35.5. The molecule has 1 unspecified atom stereocenters. The van der Waals surface area contributed by atoms with Crippen molar-refractivity contribution in [1.29, 1.82) is 0 Å². The first-order valence-corrected chi connectivity index (χ1v) is 10.4. The zero-order chi connectivity index (χ0) is 22.3. The van der Waals surface area contributed by atoms with Gasteiger partial charge in [-0.3, -0.25) is 34.7 Å². The maximum Gasteiger partial charge on any atom is 0.258 e. The van der Waals surface area contributed by atoms with Gasteiger partial charge >= 0.3 is 0 Å². The van der Waals surface area contributed by atoms with Gasteiger partial charge in [0.2, 0.25) is 11.8 Å². The SMILES string of the molecule is CC1(N2Cc3ccc(C(=O)NC(=O)c4ccc(Cl)c(Cl)c4)cc3C2)CCC(=O)NC1=O. The van der Waals surface area contributed by atoms with Gasteiger partial charge in [-0.1, -0.05) is 29.3 Å². The second kappa shape index (κ2) is 8.07. The Morgan fingerprint density at radius 2 is 1.61 bits per heavy atom. The molecule has 0 aromatic heterocycles. The predicted octanol–water partition coefficient (Wildman–Crippen LogP) is 3.07. The molecule has 4 amide bonds. The lowest BCUT2D eigenvalue weighted by molar-refractivity contribution is -0.143. The molecule has 2 aromatic rings. The Morgan fingerprint density at radius 1 is 0.968 bits per heavy atom. The van der Waals surface area contributed by atoms with Crippen LogP contribution < -0.4 is 10.6 Å². The van der Waals surface area contributed by atoms with Crippen LogP contribution in [0.3, 0.4) is 0 Å². The van der Waals surface area contributed by atoms with E-state index in [4.69, 9.17) is 23.2 Å². The van der Waals surface area contributed by atoms with Crippen molar-refractivity contribution < 1.29 is 19.2 Å². The number of benzene rings is 2. The zero-order valence-corrected chi connectivity index (χ0v) is 18.1. The second-order valence-electron chi connectivity index (χ2n) is 7.90. The summed E-state index contributed by atoms with van der Waals surface area (Å²) in [7, 11) is 0. The van der Waals surface area contributed by atoms with E-state index in [9.17, 15) is 19.2 Å². The minimum Gasteiger partial charge on any atom is -0.295 e. The van der Waals surface area contributed by atoms with Crippen molar-refractivity contribution in [2.24, 2.45) is 0 Å². The van der Waals surface area contributed by atoms with Crippen molar-refractivity contribution in [2.75, 3.05) is 0 Å². The Morgan fingerprint density at radius 3 is 2.29 bits per heavy atom. The third-order valence-corrected chi connectivity index (χ3v) is 6.62. The van der Waals surface area contributed by atoms with Crippen LogP contribution in [0.4, 0.5) is 0 Å². The van der Waals surface area contributed by atoms with E-state index in [0.29, 0.717) is 36.5 Å². The van der Waals surface area contributed by atoms with Crippen LogP contribution in [-0.4, -0.2) is 34.1 Å². The molecule has 2 aromatic carbocycles. The predicted molar refractivity (Wildman–Crippen MR) is 115 cm³/mol. The Hall–Kier alpha value is -2.74. The summed E-state index contributed by atoms with van der Waals surface area (Å²) in [6, 6.07) is 9.56. The lowest BCUT2D eigenvalue weighted by atomic mass is 9.89. The smallest absolute Gasteiger partial charge is 0.258 e. The number of imide groups is 2. The minimum atomic E-state index is -0.792. The van der Waals surface area contributed by atoms with E-state index in [0.717, 1.165) is 11.1 Å². The molecule has 2 aliphatic rings. The van der Waals surface area contributed by atoms with Crippen LogP contribution in [0, 0.1) is 0 Å². The van der Waals surface area contributed by atoms with Gasteiger partial charge in [-0.05, 0) is 54.8 Å². The third kappa shape index (κ3) is 4.08. The number of halogens is 2. The number of hydrogen-bond acceptors (Lipinski definition) is 5. The van der Waals surface area contributed by atoms with Crippen molar-refractivity contribution in [1.82, 2.24) is 15.5 Å². The summed E-state index contributed by atoms with van der Waals surface area (Å²) in [5.41, 5.74) is 1.67. The van der Waals surface area contributed by atoms with Crippen molar-refractivity contribution in [2.45, 2.75) is 38.4 Å². The molecule has 0 radical (unpaired) electrons. The average molecular weight is 460 g/mol. The van der Waals surface area contributed by atoms with Crippen LogP contribution in [0.2, 0.25) is 10.0 Å². The van der Waals surface area contributed by atoms with Crippen LogP contribution in [-0.2, 0) is 22.7 Å². The quantitative estimate of drug-likeness (QED) is 0.687. The first-order valence-electron chi connectivity index (χ1n) is 9.69. The van der Waals surface area contributed by atoms with E-state index < -0.39 is 17.4 Å². The van der Waals surface area contributed by atoms with Gasteiger partial charge in [0, 0.05) is 30.6 Å². The van der Waals surface area contributed by atoms with Crippen LogP contribution in [0.25, 0.3) is 0 Å².